The van der Waals surface area contributed by atoms with Gasteiger partial charge in [-0.05, 0) is 38.0 Å². The Balaban J connectivity index is 2.83. The number of anilines is 1. The molecule has 2 aromatic rings. The van der Waals surface area contributed by atoms with Crippen LogP contribution >= 0.6 is 0 Å². The highest BCUT2D eigenvalue weighted by molar-refractivity contribution is 5.93. The molecule has 0 fully saturated rings. The minimum atomic E-state index is 0.970. The van der Waals surface area contributed by atoms with Crippen LogP contribution < -0.4 is 5.32 Å². The van der Waals surface area contributed by atoms with Crippen LogP contribution in [0.2, 0.25) is 0 Å². The van der Waals surface area contributed by atoms with Crippen molar-refractivity contribution in [2.24, 2.45) is 0 Å². The van der Waals surface area contributed by atoms with Crippen molar-refractivity contribution in [3.05, 3.63) is 35.0 Å². The first-order chi connectivity index (χ1) is 7.65. The molecule has 0 aliphatic carbocycles. The van der Waals surface area contributed by atoms with Crippen LogP contribution in [-0.2, 0) is 6.42 Å². The van der Waals surface area contributed by atoms with Crippen molar-refractivity contribution in [1.29, 1.82) is 0 Å². The molecule has 2 heteroatoms. The van der Waals surface area contributed by atoms with E-state index in [9.17, 15) is 0 Å². The lowest BCUT2D eigenvalue weighted by Crippen LogP contribution is -1.97. The van der Waals surface area contributed by atoms with Crippen LogP contribution in [0.5, 0.6) is 0 Å². The van der Waals surface area contributed by atoms with Crippen molar-refractivity contribution in [1.82, 2.24) is 4.98 Å². The van der Waals surface area contributed by atoms with Crippen molar-refractivity contribution in [2.45, 2.75) is 27.2 Å². The summed E-state index contributed by atoms with van der Waals surface area (Å²) < 4.78 is 0. The summed E-state index contributed by atoms with van der Waals surface area (Å²) in [6.45, 7) is 6.39. The van der Waals surface area contributed by atoms with Gasteiger partial charge in [-0.25, -0.2) is 0 Å². The van der Waals surface area contributed by atoms with Gasteiger partial charge in [0.15, 0.2) is 0 Å². The van der Waals surface area contributed by atoms with E-state index in [2.05, 4.69) is 44.3 Å². The Bertz CT molecular complexity index is 530. The summed E-state index contributed by atoms with van der Waals surface area (Å²) in [6, 6.07) is 6.52. The van der Waals surface area contributed by atoms with E-state index in [4.69, 9.17) is 4.98 Å². The summed E-state index contributed by atoms with van der Waals surface area (Å²) in [4.78, 5) is 4.70. The van der Waals surface area contributed by atoms with Gasteiger partial charge in [0.05, 0.1) is 5.52 Å². The van der Waals surface area contributed by atoms with Gasteiger partial charge in [0.1, 0.15) is 0 Å². The zero-order valence-corrected chi connectivity index (χ0v) is 10.4. The number of aryl methyl sites for hydroxylation is 3. The Hall–Kier alpha value is -1.57. The third-order valence-electron chi connectivity index (χ3n) is 2.93. The van der Waals surface area contributed by atoms with Gasteiger partial charge in [0, 0.05) is 23.8 Å². The minimum absolute atomic E-state index is 0.970. The summed E-state index contributed by atoms with van der Waals surface area (Å²) in [6.07, 6.45) is 0.970. The summed E-state index contributed by atoms with van der Waals surface area (Å²) in [5, 5.41) is 4.48. The van der Waals surface area contributed by atoms with E-state index in [0.29, 0.717) is 0 Å². The number of hydrogen-bond acceptors (Lipinski definition) is 2. The van der Waals surface area contributed by atoms with Crippen LogP contribution in [-0.4, -0.2) is 12.0 Å². The molecule has 2 nitrogen and oxygen atoms in total. The molecule has 1 aromatic heterocycles. The monoisotopic (exact) mass is 214 g/mol. The summed E-state index contributed by atoms with van der Waals surface area (Å²) in [5.74, 6) is 0. The Kier molecular flexibility index (Phi) is 2.82. The number of pyridine rings is 1. The maximum absolute atomic E-state index is 4.70. The molecule has 0 aliphatic heterocycles. The van der Waals surface area contributed by atoms with Gasteiger partial charge in [-0.2, -0.15) is 0 Å². The van der Waals surface area contributed by atoms with E-state index >= 15 is 0 Å². The first-order valence-corrected chi connectivity index (χ1v) is 5.74. The molecular formula is C14H18N2. The molecule has 84 valence electrons. The molecule has 0 atom stereocenters. The standard InChI is InChI=1S/C14H18N2/c1-5-11-8-13(15-4)12-7-9(2)6-10(3)14(12)16-11/h6-8H,5H2,1-4H3,(H,15,16). The number of fused-ring (bicyclic) bond motifs is 1. The molecule has 2 rings (SSSR count). The van der Waals surface area contributed by atoms with Gasteiger partial charge >= 0.3 is 0 Å². The van der Waals surface area contributed by atoms with Crippen LogP contribution in [0.4, 0.5) is 5.69 Å². The summed E-state index contributed by atoms with van der Waals surface area (Å²) in [7, 11) is 1.96. The molecule has 0 saturated heterocycles. The second-order valence-electron chi connectivity index (χ2n) is 4.24. The van der Waals surface area contributed by atoms with Crippen molar-refractivity contribution in [2.75, 3.05) is 12.4 Å². The third-order valence-corrected chi connectivity index (χ3v) is 2.93. The van der Waals surface area contributed by atoms with Gasteiger partial charge in [0.25, 0.3) is 0 Å². The van der Waals surface area contributed by atoms with Gasteiger partial charge in [-0.1, -0.05) is 18.6 Å². The molecule has 0 bridgehead atoms. The summed E-state index contributed by atoms with van der Waals surface area (Å²) in [5.41, 5.74) is 5.97. The maximum atomic E-state index is 4.70. The molecule has 0 spiro atoms. The number of rotatable bonds is 2. The predicted octanol–water partition coefficient (Wildman–Crippen LogP) is 3.46. The van der Waals surface area contributed by atoms with E-state index in [1.807, 2.05) is 7.05 Å². The number of nitrogens with one attached hydrogen (secondary N) is 1. The molecule has 1 heterocycles. The zero-order chi connectivity index (χ0) is 11.7. The molecule has 0 amide bonds. The van der Waals surface area contributed by atoms with Crippen molar-refractivity contribution < 1.29 is 0 Å². The fourth-order valence-corrected chi connectivity index (χ4v) is 2.12. The van der Waals surface area contributed by atoms with Crippen molar-refractivity contribution in [3.8, 4) is 0 Å². The molecule has 0 aliphatic rings. The summed E-state index contributed by atoms with van der Waals surface area (Å²) >= 11 is 0. The highest BCUT2D eigenvalue weighted by Gasteiger charge is 2.06. The predicted molar refractivity (Wildman–Crippen MR) is 70.1 cm³/mol. The molecule has 1 N–H and O–H groups in total. The number of hydrogen-bond donors (Lipinski definition) is 1. The van der Waals surface area contributed by atoms with Crippen molar-refractivity contribution >= 4 is 16.6 Å². The number of aromatic nitrogens is 1. The fourth-order valence-electron chi connectivity index (χ4n) is 2.12. The molecule has 1 aromatic carbocycles. The second kappa shape index (κ2) is 4.12. The molecular weight excluding hydrogens is 196 g/mol. The third kappa shape index (κ3) is 1.75. The Morgan fingerprint density at radius 2 is 1.94 bits per heavy atom. The van der Waals surface area contributed by atoms with Gasteiger partial charge in [-0.15, -0.1) is 0 Å². The van der Waals surface area contributed by atoms with E-state index in [1.54, 1.807) is 0 Å². The molecule has 0 saturated carbocycles. The van der Waals surface area contributed by atoms with Crippen LogP contribution in [0.1, 0.15) is 23.7 Å². The van der Waals surface area contributed by atoms with E-state index in [0.717, 1.165) is 17.6 Å². The van der Waals surface area contributed by atoms with E-state index in [-0.39, 0.29) is 0 Å². The topological polar surface area (TPSA) is 24.9 Å². The van der Waals surface area contributed by atoms with Gasteiger partial charge < -0.3 is 5.32 Å². The largest absolute Gasteiger partial charge is 0.388 e. The highest BCUT2D eigenvalue weighted by atomic mass is 14.8. The lowest BCUT2D eigenvalue weighted by atomic mass is 10.0. The zero-order valence-electron chi connectivity index (χ0n) is 10.4. The van der Waals surface area contributed by atoms with Gasteiger partial charge in [0.2, 0.25) is 0 Å². The van der Waals surface area contributed by atoms with Crippen LogP contribution in [0.25, 0.3) is 10.9 Å². The van der Waals surface area contributed by atoms with Crippen LogP contribution in [0, 0.1) is 13.8 Å². The molecule has 0 unspecified atom stereocenters. The Morgan fingerprint density at radius 3 is 2.56 bits per heavy atom. The second-order valence-corrected chi connectivity index (χ2v) is 4.24. The van der Waals surface area contributed by atoms with Crippen LogP contribution in [0.15, 0.2) is 18.2 Å². The molecule has 16 heavy (non-hydrogen) atoms. The van der Waals surface area contributed by atoms with Crippen molar-refractivity contribution in [3.63, 3.8) is 0 Å². The maximum Gasteiger partial charge on any atom is 0.0755 e. The normalized spacial score (nSPS) is 10.8. The number of benzene rings is 1. The van der Waals surface area contributed by atoms with Gasteiger partial charge in [-0.3, -0.25) is 4.98 Å². The minimum Gasteiger partial charge on any atom is -0.388 e. The lowest BCUT2D eigenvalue weighted by molar-refractivity contribution is 1.05. The quantitative estimate of drug-likeness (QED) is 0.828. The van der Waals surface area contributed by atoms with E-state index < -0.39 is 0 Å². The first kappa shape index (κ1) is 10.9. The Morgan fingerprint density at radius 1 is 1.19 bits per heavy atom. The SMILES string of the molecule is CCc1cc(NC)c2cc(C)cc(C)c2n1. The average molecular weight is 214 g/mol. The molecule has 0 radical (unpaired) electrons. The first-order valence-electron chi connectivity index (χ1n) is 5.74. The highest BCUT2D eigenvalue weighted by Crippen LogP contribution is 2.26. The van der Waals surface area contributed by atoms with E-state index in [1.165, 1.54) is 22.2 Å². The smallest absolute Gasteiger partial charge is 0.0755 e. The lowest BCUT2D eigenvalue weighted by Gasteiger charge is -2.11. The Labute approximate surface area is 96.7 Å². The fraction of sp³-hybridized carbons (Fsp3) is 0.357. The average Bonchev–Trinajstić information content (AvgIpc) is 2.28. The number of nitrogens with zero attached hydrogens (tertiary/aromatic N) is 1. The van der Waals surface area contributed by atoms with Crippen LogP contribution in [0.3, 0.4) is 0 Å².